The van der Waals surface area contributed by atoms with Crippen molar-refractivity contribution in [2.75, 3.05) is 19.8 Å². The molecule has 4 aromatic rings. The number of aliphatic hydroxyl groups excluding tert-OH is 1. The maximum absolute atomic E-state index is 13.1. The molecule has 1 unspecified atom stereocenters. The maximum atomic E-state index is 13.1. The second-order valence-electron chi connectivity index (χ2n) is 10.0. The summed E-state index contributed by atoms with van der Waals surface area (Å²) >= 11 is 5.93. The van der Waals surface area contributed by atoms with Gasteiger partial charge in [0.1, 0.15) is 12.9 Å². The summed E-state index contributed by atoms with van der Waals surface area (Å²) in [5, 5.41) is 21.5. The van der Waals surface area contributed by atoms with Crippen LogP contribution in [0.25, 0.3) is 17.1 Å². The molecule has 0 spiro atoms. The van der Waals surface area contributed by atoms with E-state index < -0.39 is 24.5 Å². The topological polar surface area (TPSA) is 129 Å². The molecule has 0 radical (unpaired) electrons. The number of para-hydroxylation sites is 1. The molecule has 0 saturated carbocycles. The van der Waals surface area contributed by atoms with Gasteiger partial charge in [-0.25, -0.2) is 19.1 Å². The fourth-order valence-corrected chi connectivity index (χ4v) is 4.35. The molecule has 1 aliphatic heterocycles. The normalized spacial score (nSPS) is 15.4. The van der Waals surface area contributed by atoms with Gasteiger partial charge < -0.3 is 15.2 Å². The van der Waals surface area contributed by atoms with E-state index in [0.717, 1.165) is 9.25 Å². The molecule has 2 aromatic carbocycles. The highest BCUT2D eigenvalue weighted by molar-refractivity contribution is 6.30. The minimum Gasteiger partial charge on any atom is -0.382 e. The van der Waals surface area contributed by atoms with Gasteiger partial charge in [-0.15, -0.1) is 10.2 Å². The number of rotatable bonds is 9. The smallest absolute Gasteiger partial charge is 0.382 e. The van der Waals surface area contributed by atoms with E-state index in [2.05, 4.69) is 20.5 Å². The minimum atomic E-state index is -4.94. The molecule has 216 valence electrons. The summed E-state index contributed by atoms with van der Waals surface area (Å²) < 4.78 is 47.6. The van der Waals surface area contributed by atoms with Gasteiger partial charge in [-0.05, 0) is 36.4 Å². The van der Waals surface area contributed by atoms with Crippen molar-refractivity contribution in [1.29, 1.82) is 0 Å². The Kier molecular flexibility index (Phi) is 7.72. The van der Waals surface area contributed by atoms with Crippen LogP contribution in [-0.4, -0.2) is 72.2 Å². The molecular weight excluding hydrogens is 567 g/mol. The molecular formula is C26H25ClF3N7O4. The van der Waals surface area contributed by atoms with Crippen LogP contribution in [0.15, 0.2) is 59.7 Å². The minimum absolute atomic E-state index is 0.0954. The van der Waals surface area contributed by atoms with Crippen LogP contribution in [0.2, 0.25) is 5.02 Å². The largest absolute Gasteiger partial charge is 0.416 e. The number of amides is 1. The van der Waals surface area contributed by atoms with Crippen LogP contribution in [-0.2, 0) is 17.8 Å². The van der Waals surface area contributed by atoms with E-state index in [-0.39, 0.29) is 29.5 Å². The Hall–Kier alpha value is -4.01. The first kappa shape index (κ1) is 28.5. The molecule has 5 rings (SSSR count). The highest BCUT2D eigenvalue weighted by atomic mass is 35.5. The van der Waals surface area contributed by atoms with Crippen LogP contribution < -0.4 is 11.0 Å². The van der Waals surface area contributed by atoms with Crippen molar-refractivity contribution in [3.05, 3.63) is 81.8 Å². The summed E-state index contributed by atoms with van der Waals surface area (Å²) in [5.74, 6) is -0.288. The van der Waals surface area contributed by atoms with E-state index in [4.69, 9.17) is 16.3 Å². The Morgan fingerprint density at radius 1 is 1.17 bits per heavy atom. The van der Waals surface area contributed by atoms with E-state index in [1.807, 2.05) is 6.92 Å². The number of hydrogen-bond donors (Lipinski definition) is 2. The SMILES string of the molecule is CC1(CNC(=O)c2ccccc2-n2cnc(Cn3nc(-c4ccc(Cl)cc4)n(CC(O)C(F)(F)F)c3=O)n2)COC1. The molecule has 1 saturated heterocycles. The molecule has 3 heterocycles. The molecule has 0 aliphatic carbocycles. The fourth-order valence-electron chi connectivity index (χ4n) is 4.22. The molecule has 2 N–H and O–H groups in total. The predicted molar refractivity (Wildman–Crippen MR) is 141 cm³/mol. The molecule has 1 fully saturated rings. The van der Waals surface area contributed by atoms with Gasteiger partial charge >= 0.3 is 11.9 Å². The molecule has 1 aliphatic rings. The first-order valence-corrected chi connectivity index (χ1v) is 12.9. The molecule has 1 atom stereocenters. The van der Waals surface area contributed by atoms with Gasteiger partial charge in [-0.1, -0.05) is 30.7 Å². The lowest BCUT2D eigenvalue weighted by Crippen LogP contribution is -2.48. The van der Waals surface area contributed by atoms with Crippen LogP contribution >= 0.6 is 11.6 Å². The van der Waals surface area contributed by atoms with E-state index >= 15 is 0 Å². The van der Waals surface area contributed by atoms with Gasteiger partial charge in [0.25, 0.3) is 5.91 Å². The standard InChI is InChI=1S/C26H25ClF3N7O4/c1-25(13-41-14-25)12-31-23(39)18-4-2-3-5-19(18)37-15-32-21(33-37)11-36-24(40)35(10-20(38)26(28,29)30)22(34-36)16-6-8-17(27)9-7-16/h2-9,15,20,38H,10-14H2,1H3,(H,31,39). The van der Waals surface area contributed by atoms with Crippen LogP contribution in [0, 0.1) is 5.41 Å². The number of alkyl halides is 3. The zero-order valence-electron chi connectivity index (χ0n) is 21.7. The maximum Gasteiger partial charge on any atom is 0.416 e. The van der Waals surface area contributed by atoms with Crippen molar-refractivity contribution in [2.45, 2.75) is 32.3 Å². The van der Waals surface area contributed by atoms with Crippen LogP contribution in [0.4, 0.5) is 13.2 Å². The molecule has 11 nitrogen and oxygen atoms in total. The number of benzene rings is 2. The third-order valence-electron chi connectivity index (χ3n) is 6.56. The fraction of sp³-hybridized carbons (Fsp3) is 0.346. The number of aliphatic hydroxyl groups is 1. The third-order valence-corrected chi connectivity index (χ3v) is 6.81. The van der Waals surface area contributed by atoms with E-state index in [1.54, 1.807) is 24.3 Å². The van der Waals surface area contributed by atoms with Crippen LogP contribution in [0.1, 0.15) is 23.1 Å². The highest BCUT2D eigenvalue weighted by Gasteiger charge is 2.39. The molecule has 41 heavy (non-hydrogen) atoms. The first-order chi connectivity index (χ1) is 19.4. The molecule has 2 aromatic heterocycles. The Labute approximate surface area is 236 Å². The van der Waals surface area contributed by atoms with Gasteiger partial charge in [0.2, 0.25) is 0 Å². The number of hydrogen-bond acceptors (Lipinski definition) is 7. The van der Waals surface area contributed by atoms with Gasteiger partial charge in [-0.3, -0.25) is 9.36 Å². The highest BCUT2D eigenvalue weighted by Crippen LogP contribution is 2.26. The van der Waals surface area contributed by atoms with Gasteiger partial charge in [0.15, 0.2) is 17.8 Å². The average molecular weight is 592 g/mol. The summed E-state index contributed by atoms with van der Waals surface area (Å²) in [6.07, 6.45) is -6.37. The lowest BCUT2D eigenvalue weighted by atomic mass is 9.88. The summed E-state index contributed by atoms with van der Waals surface area (Å²) in [4.78, 5) is 30.3. The Morgan fingerprint density at radius 3 is 2.54 bits per heavy atom. The third kappa shape index (κ3) is 6.19. The lowest BCUT2D eigenvalue weighted by Gasteiger charge is -2.38. The monoisotopic (exact) mass is 591 g/mol. The van der Waals surface area contributed by atoms with Gasteiger partial charge in [-0.2, -0.15) is 13.2 Å². The second-order valence-corrected chi connectivity index (χ2v) is 10.5. The van der Waals surface area contributed by atoms with Crippen molar-refractivity contribution in [1.82, 2.24) is 34.4 Å². The van der Waals surface area contributed by atoms with E-state index in [9.17, 15) is 27.9 Å². The van der Waals surface area contributed by atoms with Crippen molar-refractivity contribution in [3.63, 3.8) is 0 Å². The molecule has 15 heteroatoms. The van der Waals surface area contributed by atoms with Gasteiger partial charge in [0.05, 0.1) is 31.0 Å². The number of nitrogens with zero attached hydrogens (tertiary/aromatic N) is 6. The number of carbonyl (C=O) groups excluding carboxylic acids is 1. The second kappa shape index (κ2) is 11.1. The molecule has 1 amide bonds. The summed E-state index contributed by atoms with van der Waals surface area (Å²) in [6, 6.07) is 12.8. The first-order valence-electron chi connectivity index (χ1n) is 12.5. The Balaban J connectivity index is 1.41. The van der Waals surface area contributed by atoms with Crippen molar-refractivity contribution in [3.8, 4) is 17.1 Å². The summed E-state index contributed by atoms with van der Waals surface area (Å²) in [5.41, 5.74) is 0.0818. The van der Waals surface area contributed by atoms with Gasteiger partial charge in [0, 0.05) is 22.5 Å². The molecule has 0 bridgehead atoms. The number of carbonyl (C=O) groups is 1. The lowest BCUT2D eigenvalue weighted by molar-refractivity contribution is -0.207. The Morgan fingerprint density at radius 2 is 1.88 bits per heavy atom. The summed E-state index contributed by atoms with van der Waals surface area (Å²) in [6.45, 7) is 2.23. The predicted octanol–water partition coefficient (Wildman–Crippen LogP) is 2.68. The number of ether oxygens (including phenoxy) is 1. The number of nitrogens with one attached hydrogen (secondary N) is 1. The number of aromatic nitrogens is 6. The van der Waals surface area contributed by atoms with Crippen LogP contribution in [0.3, 0.4) is 0 Å². The van der Waals surface area contributed by atoms with Crippen molar-refractivity contribution in [2.24, 2.45) is 5.41 Å². The quantitative estimate of drug-likeness (QED) is 0.306. The Bertz CT molecular complexity index is 1610. The van der Waals surface area contributed by atoms with E-state index in [0.29, 0.717) is 41.6 Å². The zero-order chi connectivity index (χ0) is 29.4. The zero-order valence-corrected chi connectivity index (χ0v) is 22.4. The average Bonchev–Trinajstić information content (AvgIpc) is 3.51. The van der Waals surface area contributed by atoms with Crippen LogP contribution in [0.5, 0.6) is 0 Å². The van der Waals surface area contributed by atoms with E-state index in [1.165, 1.54) is 35.3 Å². The summed E-state index contributed by atoms with van der Waals surface area (Å²) in [7, 11) is 0. The van der Waals surface area contributed by atoms with Crippen molar-refractivity contribution >= 4 is 17.5 Å². The number of halogens is 4. The van der Waals surface area contributed by atoms with Crippen molar-refractivity contribution < 1.29 is 27.8 Å².